The summed E-state index contributed by atoms with van der Waals surface area (Å²) in [7, 11) is 1.68. The molecule has 16 heavy (non-hydrogen) atoms. The lowest BCUT2D eigenvalue weighted by Crippen LogP contribution is -2.36. The molecular formula is C12H22N2O2. The molecule has 0 aliphatic carbocycles. The molecule has 1 rings (SSSR count). The number of methoxy groups -OCH3 is 1. The standard InChI is InChI=1S/C12H22N2O2/c1-11-4-8-14(9-5-11)12(15)3-6-13-7-10-16-2/h4,13H,3,5-10H2,1-2H3. The molecule has 4 heteroatoms. The Morgan fingerprint density at radius 3 is 3.00 bits per heavy atom. The number of ether oxygens (including phenoxy) is 1. The van der Waals surface area contributed by atoms with Gasteiger partial charge in [-0.1, -0.05) is 11.6 Å². The molecule has 0 radical (unpaired) electrons. The summed E-state index contributed by atoms with van der Waals surface area (Å²) in [6.45, 7) is 6.01. The number of hydrogen-bond donors (Lipinski definition) is 1. The minimum absolute atomic E-state index is 0.244. The van der Waals surface area contributed by atoms with Crippen molar-refractivity contribution in [1.29, 1.82) is 0 Å². The highest BCUT2D eigenvalue weighted by Crippen LogP contribution is 2.10. The summed E-state index contributed by atoms with van der Waals surface area (Å²) < 4.78 is 4.91. The molecule has 1 amide bonds. The van der Waals surface area contributed by atoms with Gasteiger partial charge in [-0.3, -0.25) is 4.79 Å². The molecular weight excluding hydrogens is 204 g/mol. The molecule has 1 heterocycles. The van der Waals surface area contributed by atoms with Gasteiger partial charge in [0.15, 0.2) is 0 Å². The number of rotatable bonds is 6. The van der Waals surface area contributed by atoms with E-state index in [0.717, 1.165) is 32.6 Å². The van der Waals surface area contributed by atoms with Crippen molar-refractivity contribution in [3.63, 3.8) is 0 Å². The Labute approximate surface area is 97.6 Å². The predicted molar refractivity (Wildman–Crippen MR) is 64.3 cm³/mol. The highest BCUT2D eigenvalue weighted by atomic mass is 16.5. The first-order valence-corrected chi connectivity index (χ1v) is 5.87. The Morgan fingerprint density at radius 2 is 2.38 bits per heavy atom. The van der Waals surface area contributed by atoms with Gasteiger partial charge >= 0.3 is 0 Å². The average molecular weight is 226 g/mol. The van der Waals surface area contributed by atoms with E-state index in [1.54, 1.807) is 7.11 Å². The Morgan fingerprint density at radius 1 is 1.56 bits per heavy atom. The molecule has 0 fully saturated rings. The minimum atomic E-state index is 0.244. The molecule has 92 valence electrons. The molecule has 0 atom stereocenters. The van der Waals surface area contributed by atoms with E-state index in [1.807, 2.05) is 4.90 Å². The lowest BCUT2D eigenvalue weighted by atomic mass is 10.1. The topological polar surface area (TPSA) is 41.6 Å². The summed E-state index contributed by atoms with van der Waals surface area (Å²) in [4.78, 5) is 13.7. The Balaban J connectivity index is 2.11. The monoisotopic (exact) mass is 226 g/mol. The number of carbonyl (C=O) groups is 1. The van der Waals surface area contributed by atoms with Gasteiger partial charge in [-0.2, -0.15) is 0 Å². The third-order valence-corrected chi connectivity index (χ3v) is 2.79. The third kappa shape index (κ3) is 4.77. The highest BCUT2D eigenvalue weighted by molar-refractivity contribution is 5.76. The third-order valence-electron chi connectivity index (χ3n) is 2.79. The van der Waals surface area contributed by atoms with Crippen LogP contribution < -0.4 is 5.32 Å². The van der Waals surface area contributed by atoms with Crippen LogP contribution in [0.4, 0.5) is 0 Å². The summed E-state index contributed by atoms with van der Waals surface area (Å²) in [6.07, 6.45) is 3.74. The molecule has 0 spiro atoms. The summed E-state index contributed by atoms with van der Waals surface area (Å²) in [6, 6.07) is 0. The number of amides is 1. The zero-order valence-electron chi connectivity index (χ0n) is 10.3. The fourth-order valence-electron chi connectivity index (χ4n) is 1.65. The van der Waals surface area contributed by atoms with Crippen molar-refractivity contribution in [2.24, 2.45) is 0 Å². The van der Waals surface area contributed by atoms with Gasteiger partial charge in [-0.25, -0.2) is 0 Å². The van der Waals surface area contributed by atoms with Crippen LogP contribution in [0.1, 0.15) is 19.8 Å². The van der Waals surface area contributed by atoms with Crippen LogP contribution in [-0.4, -0.2) is 50.7 Å². The van der Waals surface area contributed by atoms with Crippen LogP contribution >= 0.6 is 0 Å². The van der Waals surface area contributed by atoms with E-state index in [4.69, 9.17) is 4.74 Å². The van der Waals surface area contributed by atoms with Gasteiger partial charge in [0.25, 0.3) is 0 Å². The maximum atomic E-state index is 11.8. The van der Waals surface area contributed by atoms with Crippen molar-refractivity contribution < 1.29 is 9.53 Å². The first-order valence-electron chi connectivity index (χ1n) is 5.87. The van der Waals surface area contributed by atoms with Crippen molar-refractivity contribution in [3.05, 3.63) is 11.6 Å². The van der Waals surface area contributed by atoms with Crippen molar-refractivity contribution >= 4 is 5.91 Å². The van der Waals surface area contributed by atoms with Gasteiger partial charge in [0.2, 0.25) is 5.91 Å². The van der Waals surface area contributed by atoms with E-state index in [1.165, 1.54) is 5.57 Å². The number of carbonyl (C=O) groups excluding carboxylic acids is 1. The molecule has 1 aliphatic rings. The largest absolute Gasteiger partial charge is 0.383 e. The molecule has 1 N–H and O–H groups in total. The smallest absolute Gasteiger partial charge is 0.224 e. The fourth-order valence-corrected chi connectivity index (χ4v) is 1.65. The second-order valence-corrected chi connectivity index (χ2v) is 4.13. The first-order chi connectivity index (χ1) is 7.74. The molecule has 0 aromatic rings. The van der Waals surface area contributed by atoms with Crippen LogP contribution in [0, 0.1) is 0 Å². The molecule has 0 unspecified atom stereocenters. The quantitative estimate of drug-likeness (QED) is 0.538. The van der Waals surface area contributed by atoms with Gasteiger partial charge in [0.05, 0.1) is 6.61 Å². The van der Waals surface area contributed by atoms with Crippen molar-refractivity contribution in [3.8, 4) is 0 Å². The van der Waals surface area contributed by atoms with E-state index in [0.29, 0.717) is 13.0 Å². The van der Waals surface area contributed by atoms with Gasteiger partial charge in [-0.05, 0) is 13.3 Å². The van der Waals surface area contributed by atoms with Crippen molar-refractivity contribution in [1.82, 2.24) is 10.2 Å². The van der Waals surface area contributed by atoms with Gasteiger partial charge in [-0.15, -0.1) is 0 Å². The second kappa shape index (κ2) is 7.41. The molecule has 0 bridgehead atoms. The van der Waals surface area contributed by atoms with Crippen molar-refractivity contribution in [2.45, 2.75) is 19.8 Å². The van der Waals surface area contributed by atoms with E-state index in [9.17, 15) is 4.79 Å². The van der Waals surface area contributed by atoms with E-state index in [-0.39, 0.29) is 5.91 Å². The molecule has 0 saturated heterocycles. The SMILES string of the molecule is COCCNCCC(=O)N1CC=C(C)CC1. The predicted octanol–water partition coefficient (Wildman–Crippen LogP) is 0.791. The Hall–Kier alpha value is -0.870. The van der Waals surface area contributed by atoms with Crippen LogP contribution in [0.3, 0.4) is 0 Å². The maximum absolute atomic E-state index is 11.8. The summed E-state index contributed by atoms with van der Waals surface area (Å²) >= 11 is 0. The number of hydrogen-bond acceptors (Lipinski definition) is 3. The maximum Gasteiger partial charge on any atom is 0.224 e. The van der Waals surface area contributed by atoms with E-state index >= 15 is 0 Å². The second-order valence-electron chi connectivity index (χ2n) is 4.13. The zero-order chi connectivity index (χ0) is 11.8. The first kappa shape index (κ1) is 13.2. The van der Waals surface area contributed by atoms with Gasteiger partial charge < -0.3 is 15.0 Å². The number of nitrogens with one attached hydrogen (secondary N) is 1. The molecule has 0 aromatic heterocycles. The zero-order valence-corrected chi connectivity index (χ0v) is 10.3. The normalized spacial score (nSPS) is 16.1. The van der Waals surface area contributed by atoms with Crippen LogP contribution in [0.25, 0.3) is 0 Å². The summed E-state index contributed by atoms with van der Waals surface area (Å²) in [5.41, 5.74) is 1.39. The minimum Gasteiger partial charge on any atom is -0.383 e. The lowest BCUT2D eigenvalue weighted by molar-refractivity contribution is -0.130. The van der Waals surface area contributed by atoms with E-state index in [2.05, 4.69) is 18.3 Å². The van der Waals surface area contributed by atoms with E-state index < -0.39 is 0 Å². The lowest BCUT2D eigenvalue weighted by Gasteiger charge is -2.25. The fraction of sp³-hybridized carbons (Fsp3) is 0.750. The number of nitrogens with zero attached hydrogens (tertiary/aromatic N) is 1. The molecule has 1 aliphatic heterocycles. The van der Waals surface area contributed by atoms with Gasteiger partial charge in [0.1, 0.15) is 0 Å². The van der Waals surface area contributed by atoms with Crippen LogP contribution in [0.15, 0.2) is 11.6 Å². The van der Waals surface area contributed by atoms with Crippen LogP contribution in [0.2, 0.25) is 0 Å². The molecule has 0 aromatic carbocycles. The summed E-state index contributed by atoms with van der Waals surface area (Å²) in [5.74, 6) is 0.244. The Bertz CT molecular complexity index is 251. The molecule has 0 saturated carbocycles. The highest BCUT2D eigenvalue weighted by Gasteiger charge is 2.14. The van der Waals surface area contributed by atoms with Crippen LogP contribution in [0.5, 0.6) is 0 Å². The van der Waals surface area contributed by atoms with Crippen LogP contribution in [-0.2, 0) is 9.53 Å². The molecule has 4 nitrogen and oxygen atoms in total. The van der Waals surface area contributed by atoms with Gasteiger partial charge in [0, 0.05) is 39.7 Å². The van der Waals surface area contributed by atoms with Crippen molar-refractivity contribution in [2.75, 3.05) is 39.9 Å². The summed E-state index contributed by atoms with van der Waals surface area (Å²) in [5, 5.41) is 3.18. The Kier molecular flexibility index (Phi) is 6.11. The average Bonchev–Trinajstić information content (AvgIpc) is 2.29.